The molecule has 1 aromatic carbocycles. The van der Waals surface area contributed by atoms with Gasteiger partial charge in [0, 0.05) is 25.8 Å². The maximum absolute atomic E-state index is 12.5. The van der Waals surface area contributed by atoms with Crippen molar-refractivity contribution in [1.82, 2.24) is 14.5 Å². The van der Waals surface area contributed by atoms with Gasteiger partial charge in [-0.2, -0.15) is 0 Å². The largest absolute Gasteiger partial charge is 0.462 e. The van der Waals surface area contributed by atoms with Gasteiger partial charge in [0.2, 0.25) is 0 Å². The molecule has 1 aliphatic heterocycles. The fraction of sp³-hybridized carbons (Fsp3) is 0.294. The summed E-state index contributed by atoms with van der Waals surface area (Å²) in [7, 11) is 1.69. The van der Waals surface area contributed by atoms with E-state index < -0.39 is 11.9 Å². The van der Waals surface area contributed by atoms with Crippen molar-refractivity contribution in [3.05, 3.63) is 47.5 Å². The lowest BCUT2D eigenvalue weighted by Crippen LogP contribution is -2.38. The van der Waals surface area contributed by atoms with Gasteiger partial charge in [0.25, 0.3) is 11.8 Å². The molecular weight excluding hydrogens is 324 g/mol. The number of ether oxygens (including phenoxy) is 1. The van der Waals surface area contributed by atoms with Gasteiger partial charge in [0.05, 0.1) is 18.5 Å². The molecule has 1 N–H and O–H groups in total. The van der Waals surface area contributed by atoms with Gasteiger partial charge in [0.1, 0.15) is 5.69 Å². The number of aromatic nitrogens is 2. The van der Waals surface area contributed by atoms with Gasteiger partial charge >= 0.3 is 5.97 Å². The van der Waals surface area contributed by atoms with Crippen LogP contribution in [-0.4, -0.2) is 52.4 Å². The number of imidazole rings is 1. The van der Waals surface area contributed by atoms with Crippen molar-refractivity contribution in [3.8, 4) is 0 Å². The summed E-state index contributed by atoms with van der Waals surface area (Å²) in [6.45, 7) is 3.21. The van der Waals surface area contributed by atoms with Crippen molar-refractivity contribution in [1.29, 1.82) is 0 Å². The molecule has 0 fully saturated rings. The van der Waals surface area contributed by atoms with Crippen LogP contribution in [0.1, 0.15) is 38.3 Å². The van der Waals surface area contributed by atoms with Crippen molar-refractivity contribution in [2.45, 2.75) is 13.5 Å². The molecule has 1 aliphatic rings. The van der Waals surface area contributed by atoms with Gasteiger partial charge in [0.15, 0.2) is 5.69 Å². The number of anilines is 1. The third-order valence-electron chi connectivity index (χ3n) is 3.93. The highest BCUT2D eigenvalue weighted by molar-refractivity contribution is 6.10. The van der Waals surface area contributed by atoms with Crippen LogP contribution in [0.3, 0.4) is 0 Å². The number of likely N-dealkylation sites (N-methyl/N-ethyl adjacent to an activating group) is 1. The van der Waals surface area contributed by atoms with Gasteiger partial charge in [-0.15, -0.1) is 0 Å². The van der Waals surface area contributed by atoms with Crippen molar-refractivity contribution in [2.24, 2.45) is 0 Å². The Hall–Kier alpha value is -3.16. The molecule has 0 radical (unpaired) electrons. The first-order valence-electron chi connectivity index (χ1n) is 7.90. The van der Waals surface area contributed by atoms with Crippen LogP contribution in [0, 0.1) is 0 Å². The second kappa shape index (κ2) is 6.76. The Morgan fingerprint density at radius 1 is 1.24 bits per heavy atom. The molecular formula is C17H18N4O4. The van der Waals surface area contributed by atoms with Gasteiger partial charge in [-0.1, -0.05) is 0 Å². The highest BCUT2D eigenvalue weighted by Gasteiger charge is 2.29. The summed E-state index contributed by atoms with van der Waals surface area (Å²) in [5.74, 6) is -1.12. The first kappa shape index (κ1) is 16.7. The number of amides is 2. The number of carbonyl (C=O) groups excluding carboxylic acids is 3. The highest BCUT2D eigenvalue weighted by Crippen LogP contribution is 2.17. The maximum Gasteiger partial charge on any atom is 0.338 e. The molecule has 0 saturated heterocycles. The van der Waals surface area contributed by atoms with E-state index in [0.717, 1.165) is 0 Å². The van der Waals surface area contributed by atoms with Crippen LogP contribution in [0.4, 0.5) is 5.69 Å². The van der Waals surface area contributed by atoms with Crippen LogP contribution in [0.25, 0.3) is 0 Å². The van der Waals surface area contributed by atoms with Crippen LogP contribution in [0.5, 0.6) is 0 Å². The molecule has 25 heavy (non-hydrogen) atoms. The first-order chi connectivity index (χ1) is 12.0. The van der Waals surface area contributed by atoms with E-state index in [0.29, 0.717) is 30.9 Å². The lowest BCUT2D eigenvalue weighted by Gasteiger charge is -2.24. The smallest absolute Gasteiger partial charge is 0.338 e. The summed E-state index contributed by atoms with van der Waals surface area (Å²) < 4.78 is 6.59. The molecule has 0 spiro atoms. The molecule has 0 aliphatic carbocycles. The number of rotatable bonds is 4. The van der Waals surface area contributed by atoms with E-state index >= 15 is 0 Å². The summed E-state index contributed by atoms with van der Waals surface area (Å²) in [6, 6.07) is 6.33. The van der Waals surface area contributed by atoms with Gasteiger partial charge in [-0.05, 0) is 31.2 Å². The molecule has 0 bridgehead atoms. The van der Waals surface area contributed by atoms with E-state index in [2.05, 4.69) is 10.3 Å². The van der Waals surface area contributed by atoms with Crippen molar-refractivity contribution in [3.63, 3.8) is 0 Å². The highest BCUT2D eigenvalue weighted by atomic mass is 16.5. The lowest BCUT2D eigenvalue weighted by molar-refractivity contribution is 0.0526. The number of nitrogens with one attached hydrogen (secondary N) is 1. The fourth-order valence-electron chi connectivity index (χ4n) is 2.58. The van der Waals surface area contributed by atoms with Crippen LogP contribution in [-0.2, 0) is 11.3 Å². The Morgan fingerprint density at radius 2 is 1.96 bits per heavy atom. The second-order valence-electron chi connectivity index (χ2n) is 5.61. The number of fused-ring (bicyclic) bond motifs is 1. The minimum absolute atomic E-state index is 0.0889. The maximum atomic E-state index is 12.5. The molecule has 0 saturated carbocycles. The fourth-order valence-corrected chi connectivity index (χ4v) is 2.58. The number of nitrogens with zero attached hydrogens (tertiary/aromatic N) is 3. The summed E-state index contributed by atoms with van der Waals surface area (Å²) in [4.78, 5) is 42.0. The average molecular weight is 342 g/mol. The van der Waals surface area contributed by atoms with E-state index in [4.69, 9.17) is 4.74 Å². The molecule has 2 amide bonds. The quantitative estimate of drug-likeness (QED) is 0.848. The predicted octanol–water partition coefficient (Wildman–Crippen LogP) is 1.40. The summed E-state index contributed by atoms with van der Waals surface area (Å²) in [6.07, 6.45) is 1.50. The monoisotopic (exact) mass is 342 g/mol. The zero-order valence-electron chi connectivity index (χ0n) is 14.0. The summed E-state index contributed by atoms with van der Waals surface area (Å²) >= 11 is 0. The Morgan fingerprint density at radius 3 is 2.64 bits per heavy atom. The van der Waals surface area contributed by atoms with E-state index in [-0.39, 0.29) is 17.3 Å². The Kier molecular flexibility index (Phi) is 4.51. The Balaban J connectivity index is 1.76. The zero-order valence-corrected chi connectivity index (χ0v) is 14.0. The normalized spacial score (nSPS) is 13.4. The van der Waals surface area contributed by atoms with Crippen molar-refractivity contribution in [2.75, 3.05) is 25.5 Å². The zero-order chi connectivity index (χ0) is 18.0. The van der Waals surface area contributed by atoms with Crippen LogP contribution < -0.4 is 5.32 Å². The van der Waals surface area contributed by atoms with Gasteiger partial charge < -0.3 is 19.5 Å². The van der Waals surface area contributed by atoms with E-state index in [9.17, 15) is 14.4 Å². The molecule has 2 aromatic rings. The third-order valence-corrected chi connectivity index (χ3v) is 3.93. The average Bonchev–Trinajstić information content (AvgIpc) is 3.04. The van der Waals surface area contributed by atoms with E-state index in [1.807, 2.05) is 0 Å². The second-order valence-corrected chi connectivity index (χ2v) is 5.61. The molecule has 0 atom stereocenters. The standard InChI is InChI=1S/C17H18N4O4/c1-3-25-17(24)11-4-6-12(7-5-11)19-15(22)13-14-16(23)20(2)8-9-21(14)10-18-13/h4-7,10H,3,8-9H2,1-2H3,(H,19,22). The molecule has 1 aromatic heterocycles. The molecule has 0 unspecified atom stereocenters. The van der Waals surface area contributed by atoms with Gasteiger partial charge in [-0.25, -0.2) is 9.78 Å². The topological polar surface area (TPSA) is 93.5 Å². The predicted molar refractivity (Wildman–Crippen MR) is 89.5 cm³/mol. The molecule has 8 heteroatoms. The number of hydrogen-bond acceptors (Lipinski definition) is 5. The number of carbonyl (C=O) groups is 3. The summed E-state index contributed by atoms with van der Waals surface area (Å²) in [5.41, 5.74) is 1.27. The number of benzene rings is 1. The van der Waals surface area contributed by atoms with Crippen LogP contribution >= 0.6 is 0 Å². The van der Waals surface area contributed by atoms with Gasteiger partial charge in [-0.3, -0.25) is 9.59 Å². The first-order valence-corrected chi connectivity index (χ1v) is 7.90. The molecule has 2 heterocycles. The van der Waals surface area contributed by atoms with Crippen molar-refractivity contribution < 1.29 is 19.1 Å². The van der Waals surface area contributed by atoms with E-state index in [1.54, 1.807) is 47.7 Å². The molecule has 8 nitrogen and oxygen atoms in total. The van der Waals surface area contributed by atoms with Crippen LogP contribution in [0.15, 0.2) is 30.6 Å². The number of esters is 1. The number of hydrogen-bond donors (Lipinski definition) is 1. The lowest BCUT2D eigenvalue weighted by atomic mass is 10.2. The Labute approximate surface area is 144 Å². The summed E-state index contributed by atoms with van der Waals surface area (Å²) in [5, 5.41) is 2.69. The molecule has 3 rings (SSSR count). The minimum Gasteiger partial charge on any atom is -0.462 e. The van der Waals surface area contributed by atoms with E-state index in [1.165, 1.54) is 6.33 Å². The van der Waals surface area contributed by atoms with Crippen LogP contribution in [0.2, 0.25) is 0 Å². The Bertz CT molecular complexity index is 826. The van der Waals surface area contributed by atoms with Crippen molar-refractivity contribution >= 4 is 23.5 Å². The third kappa shape index (κ3) is 3.23. The minimum atomic E-state index is -0.471. The molecule has 130 valence electrons. The SMILES string of the molecule is CCOC(=O)c1ccc(NC(=O)c2ncn3c2C(=O)N(C)CC3)cc1.